The van der Waals surface area contributed by atoms with E-state index in [-0.39, 0.29) is 0 Å². The monoisotopic (exact) mass is 285 g/mol. The van der Waals surface area contributed by atoms with Crippen molar-refractivity contribution < 1.29 is 0 Å². The van der Waals surface area contributed by atoms with Gasteiger partial charge in [0.05, 0.1) is 10.7 Å². The number of halogens is 1. The summed E-state index contributed by atoms with van der Waals surface area (Å²) < 4.78 is 0. The molecule has 1 aliphatic heterocycles. The van der Waals surface area contributed by atoms with Crippen molar-refractivity contribution in [2.45, 2.75) is 4.90 Å². The van der Waals surface area contributed by atoms with E-state index in [1.54, 1.807) is 11.8 Å². The van der Waals surface area contributed by atoms with Crippen molar-refractivity contribution in [1.82, 2.24) is 0 Å². The molecule has 0 bridgehead atoms. The normalized spacial score (nSPS) is 14.8. The molecule has 19 heavy (non-hydrogen) atoms. The molecule has 2 aromatic carbocycles. The molecule has 1 nitrogen and oxygen atoms in total. The van der Waals surface area contributed by atoms with Gasteiger partial charge < -0.3 is 0 Å². The fourth-order valence-corrected chi connectivity index (χ4v) is 3.37. The molecule has 2 aromatic rings. The van der Waals surface area contributed by atoms with Gasteiger partial charge in [0.15, 0.2) is 0 Å². The van der Waals surface area contributed by atoms with E-state index in [1.807, 2.05) is 48.7 Å². The molecule has 3 rings (SSSR count). The van der Waals surface area contributed by atoms with Crippen LogP contribution in [-0.2, 0) is 0 Å². The van der Waals surface area contributed by atoms with Gasteiger partial charge in [-0.25, -0.2) is 0 Å². The smallest absolute Gasteiger partial charge is 0.0629 e. The lowest BCUT2D eigenvalue weighted by atomic mass is 10.1. The summed E-state index contributed by atoms with van der Waals surface area (Å²) in [4.78, 5) is 5.71. The Kier molecular flexibility index (Phi) is 3.72. The average Bonchev–Trinajstić information content (AvgIpc) is 2.48. The number of nitrogens with zero attached hydrogens (tertiary/aromatic N) is 1. The van der Waals surface area contributed by atoms with Crippen LogP contribution in [0.3, 0.4) is 0 Å². The Balaban J connectivity index is 1.92. The van der Waals surface area contributed by atoms with Crippen molar-refractivity contribution in [3.63, 3.8) is 0 Å². The maximum absolute atomic E-state index is 6.45. The molecule has 0 N–H and O–H groups in total. The molecule has 0 unspecified atom stereocenters. The molecule has 0 aromatic heterocycles. The van der Waals surface area contributed by atoms with Crippen molar-refractivity contribution in [1.29, 1.82) is 0 Å². The number of para-hydroxylation sites is 1. The zero-order valence-corrected chi connectivity index (χ0v) is 11.8. The Hall–Kier alpha value is -1.51. The second kappa shape index (κ2) is 5.64. The van der Waals surface area contributed by atoms with Crippen LogP contribution in [-0.4, -0.2) is 12.0 Å². The predicted molar refractivity (Wildman–Crippen MR) is 84.5 cm³/mol. The minimum absolute atomic E-state index is 0.814. The molecule has 0 saturated carbocycles. The first kappa shape index (κ1) is 12.5. The maximum atomic E-state index is 6.45. The number of hydrogen-bond donors (Lipinski definition) is 0. The largest absolute Gasteiger partial charge is 0.257 e. The van der Waals surface area contributed by atoms with E-state index in [9.17, 15) is 0 Å². The summed E-state index contributed by atoms with van der Waals surface area (Å²) in [6, 6.07) is 18.1. The molecule has 94 valence electrons. The molecule has 0 fully saturated rings. The lowest BCUT2D eigenvalue weighted by molar-refractivity contribution is 1.38. The topological polar surface area (TPSA) is 12.4 Å². The van der Waals surface area contributed by atoms with E-state index >= 15 is 0 Å². The van der Waals surface area contributed by atoms with Crippen LogP contribution in [0.4, 0.5) is 5.69 Å². The average molecular weight is 286 g/mol. The van der Waals surface area contributed by atoms with Crippen molar-refractivity contribution in [2.24, 2.45) is 4.99 Å². The Labute approximate surface area is 122 Å². The van der Waals surface area contributed by atoms with E-state index < -0.39 is 0 Å². The third-order valence-electron chi connectivity index (χ3n) is 2.91. The summed E-state index contributed by atoms with van der Waals surface area (Å²) in [5.41, 5.74) is 3.13. The first-order valence-electron chi connectivity index (χ1n) is 6.04. The zero-order valence-electron chi connectivity index (χ0n) is 10.2. The SMILES string of the molecule is ClC1=C(C=Nc2ccccc2)CSc2ccccc21. The van der Waals surface area contributed by atoms with Crippen LogP contribution in [0.5, 0.6) is 0 Å². The van der Waals surface area contributed by atoms with Crippen LogP contribution >= 0.6 is 23.4 Å². The summed E-state index contributed by atoms with van der Waals surface area (Å²) in [5, 5.41) is 0.814. The Morgan fingerprint density at radius 1 is 1.00 bits per heavy atom. The van der Waals surface area contributed by atoms with Gasteiger partial charge in [-0.05, 0) is 23.8 Å². The van der Waals surface area contributed by atoms with E-state index in [0.29, 0.717) is 0 Å². The Morgan fingerprint density at radius 3 is 2.58 bits per heavy atom. The number of benzene rings is 2. The number of aliphatic imine (C=N–C) groups is 1. The number of hydrogen-bond acceptors (Lipinski definition) is 2. The summed E-state index contributed by atoms with van der Waals surface area (Å²) in [6.45, 7) is 0. The van der Waals surface area contributed by atoms with E-state index in [2.05, 4.69) is 17.1 Å². The summed E-state index contributed by atoms with van der Waals surface area (Å²) in [5.74, 6) is 0.867. The standard InChI is InChI=1S/C16H12ClNS/c17-16-12(10-18-13-6-2-1-3-7-13)11-19-15-9-5-4-8-14(15)16/h1-10H,11H2. The van der Waals surface area contributed by atoms with Crippen molar-refractivity contribution >= 4 is 40.3 Å². The van der Waals surface area contributed by atoms with Gasteiger partial charge in [0.2, 0.25) is 0 Å². The highest BCUT2D eigenvalue weighted by Gasteiger charge is 2.16. The third kappa shape index (κ3) is 2.75. The van der Waals surface area contributed by atoms with Crippen LogP contribution in [0.2, 0.25) is 0 Å². The fourth-order valence-electron chi connectivity index (χ4n) is 1.93. The lowest BCUT2D eigenvalue weighted by Crippen LogP contribution is -2.00. The zero-order chi connectivity index (χ0) is 13.1. The number of thioether (sulfide) groups is 1. The van der Waals surface area contributed by atoms with E-state index in [4.69, 9.17) is 11.6 Å². The summed E-state index contributed by atoms with van der Waals surface area (Å²) in [7, 11) is 0. The van der Waals surface area contributed by atoms with Crippen molar-refractivity contribution in [3.8, 4) is 0 Å². The quantitative estimate of drug-likeness (QED) is 0.696. The van der Waals surface area contributed by atoms with Crippen molar-refractivity contribution in [2.75, 3.05) is 5.75 Å². The first-order valence-corrected chi connectivity index (χ1v) is 7.41. The molecule has 0 aliphatic carbocycles. The van der Waals surface area contributed by atoms with Crippen LogP contribution in [0.25, 0.3) is 5.03 Å². The highest BCUT2D eigenvalue weighted by Crippen LogP contribution is 2.38. The summed E-state index contributed by atoms with van der Waals surface area (Å²) >= 11 is 8.26. The fraction of sp³-hybridized carbons (Fsp3) is 0.0625. The van der Waals surface area contributed by atoms with Gasteiger partial charge in [-0.15, -0.1) is 11.8 Å². The summed E-state index contributed by atoms with van der Waals surface area (Å²) in [6.07, 6.45) is 1.88. The molecule has 1 aliphatic rings. The second-order valence-corrected chi connectivity index (χ2v) is 5.61. The van der Waals surface area contributed by atoms with Gasteiger partial charge in [-0.3, -0.25) is 4.99 Å². The van der Waals surface area contributed by atoms with E-state index in [1.165, 1.54) is 4.90 Å². The van der Waals surface area contributed by atoms with Crippen molar-refractivity contribution in [3.05, 3.63) is 65.7 Å². The molecule has 0 spiro atoms. The molecule has 0 amide bonds. The minimum atomic E-state index is 0.814. The van der Waals surface area contributed by atoms with Gasteiger partial charge >= 0.3 is 0 Å². The van der Waals surface area contributed by atoms with Crippen LogP contribution in [0, 0.1) is 0 Å². The Bertz CT molecular complexity index is 647. The third-order valence-corrected chi connectivity index (χ3v) is 4.48. The molecule has 3 heteroatoms. The van der Waals surface area contributed by atoms with Gasteiger partial charge in [0.25, 0.3) is 0 Å². The number of fused-ring (bicyclic) bond motifs is 1. The van der Waals surface area contributed by atoms with Crippen LogP contribution in [0.15, 0.2) is 70.1 Å². The molecule has 0 radical (unpaired) electrons. The molecule has 1 heterocycles. The molecule has 0 atom stereocenters. The highest BCUT2D eigenvalue weighted by molar-refractivity contribution is 7.99. The predicted octanol–water partition coefficient (Wildman–Crippen LogP) is 5.14. The van der Waals surface area contributed by atoms with Crippen LogP contribution < -0.4 is 0 Å². The minimum Gasteiger partial charge on any atom is -0.257 e. The van der Waals surface area contributed by atoms with Crippen LogP contribution in [0.1, 0.15) is 5.56 Å². The Morgan fingerprint density at radius 2 is 1.74 bits per heavy atom. The molecular weight excluding hydrogens is 274 g/mol. The highest BCUT2D eigenvalue weighted by atomic mass is 35.5. The lowest BCUT2D eigenvalue weighted by Gasteiger charge is -2.16. The first-order chi connectivity index (χ1) is 9.34. The van der Waals surface area contributed by atoms with Gasteiger partial charge in [0.1, 0.15) is 0 Å². The van der Waals surface area contributed by atoms with Gasteiger partial charge in [-0.2, -0.15) is 0 Å². The number of rotatable bonds is 2. The maximum Gasteiger partial charge on any atom is 0.0629 e. The van der Waals surface area contributed by atoms with Gasteiger partial charge in [-0.1, -0.05) is 48.0 Å². The van der Waals surface area contributed by atoms with E-state index in [0.717, 1.165) is 27.6 Å². The molecule has 0 saturated heterocycles. The van der Waals surface area contributed by atoms with Gasteiger partial charge in [0, 0.05) is 22.4 Å². The molecular formula is C16H12ClNS. The second-order valence-electron chi connectivity index (χ2n) is 4.22.